The molecule has 0 radical (unpaired) electrons. The summed E-state index contributed by atoms with van der Waals surface area (Å²) in [6.45, 7) is 4.10. The van der Waals surface area contributed by atoms with Crippen molar-refractivity contribution in [3.05, 3.63) is 0 Å². The predicted molar refractivity (Wildman–Crippen MR) is 69.7 cm³/mol. The smallest absolute Gasteiger partial charge is 0.191 e. The summed E-state index contributed by atoms with van der Waals surface area (Å²) < 4.78 is 0. The molecule has 1 fully saturated rings. The maximum absolute atomic E-state index is 6.00. The van der Waals surface area contributed by atoms with Crippen LogP contribution in [0.5, 0.6) is 0 Å². The minimum Gasteiger partial charge on any atom is -0.370 e. The van der Waals surface area contributed by atoms with Crippen LogP contribution in [0.3, 0.4) is 0 Å². The number of hydrogen-bond acceptors (Lipinski definition) is 2. The van der Waals surface area contributed by atoms with E-state index >= 15 is 0 Å². The van der Waals surface area contributed by atoms with Crippen molar-refractivity contribution >= 4 is 5.96 Å². The fraction of sp³-hybridized carbons (Fsp3) is 0.917. The molecule has 1 aliphatic heterocycles. The van der Waals surface area contributed by atoms with Crippen LogP contribution in [0.2, 0.25) is 0 Å². The third-order valence-electron chi connectivity index (χ3n) is 2.97. The lowest BCUT2D eigenvalue weighted by Crippen LogP contribution is -2.38. The van der Waals surface area contributed by atoms with Gasteiger partial charge in [0.15, 0.2) is 5.96 Å². The Hall–Kier alpha value is -0.770. The van der Waals surface area contributed by atoms with Gasteiger partial charge in [0.05, 0.1) is 0 Å². The predicted octanol–water partition coefficient (Wildman–Crippen LogP) is 1.13. The standard InChI is InChI=1S/C12H26N4/c1-15(2)9-7-8-14-12(13)16-10-5-3-4-6-11-16/h3-11H2,1-2H3,(H2,13,14). The van der Waals surface area contributed by atoms with E-state index in [4.69, 9.17) is 5.73 Å². The Morgan fingerprint density at radius 3 is 2.38 bits per heavy atom. The van der Waals surface area contributed by atoms with Crippen LogP contribution in [0.1, 0.15) is 32.1 Å². The molecule has 1 rings (SSSR count). The highest BCUT2D eigenvalue weighted by Crippen LogP contribution is 2.08. The van der Waals surface area contributed by atoms with Crippen molar-refractivity contribution in [1.29, 1.82) is 0 Å². The monoisotopic (exact) mass is 226 g/mol. The SMILES string of the molecule is CN(C)CCCN=C(N)N1CCCCCC1. The van der Waals surface area contributed by atoms with E-state index in [9.17, 15) is 0 Å². The highest BCUT2D eigenvalue weighted by atomic mass is 15.2. The van der Waals surface area contributed by atoms with Crippen LogP contribution in [0, 0.1) is 0 Å². The Balaban J connectivity index is 2.25. The summed E-state index contributed by atoms with van der Waals surface area (Å²) in [5.74, 6) is 0.751. The number of rotatable bonds is 4. The molecule has 0 aliphatic carbocycles. The molecule has 0 unspecified atom stereocenters. The average molecular weight is 226 g/mol. The Morgan fingerprint density at radius 1 is 1.19 bits per heavy atom. The number of guanidine groups is 1. The van der Waals surface area contributed by atoms with Crippen molar-refractivity contribution in [1.82, 2.24) is 9.80 Å². The lowest BCUT2D eigenvalue weighted by Gasteiger charge is -2.21. The summed E-state index contributed by atoms with van der Waals surface area (Å²) in [5.41, 5.74) is 6.00. The molecule has 16 heavy (non-hydrogen) atoms. The van der Waals surface area contributed by atoms with Gasteiger partial charge in [-0.25, -0.2) is 0 Å². The molecule has 0 amide bonds. The molecule has 1 aliphatic rings. The number of nitrogens with zero attached hydrogens (tertiary/aromatic N) is 3. The lowest BCUT2D eigenvalue weighted by molar-refractivity contribution is 0.400. The van der Waals surface area contributed by atoms with Crippen molar-refractivity contribution in [2.75, 3.05) is 40.3 Å². The second-order valence-electron chi connectivity index (χ2n) is 4.80. The highest BCUT2D eigenvalue weighted by Gasteiger charge is 2.10. The minimum atomic E-state index is 0.751. The average Bonchev–Trinajstić information content (AvgIpc) is 2.52. The van der Waals surface area contributed by atoms with Gasteiger partial charge in [-0.1, -0.05) is 12.8 Å². The van der Waals surface area contributed by atoms with Gasteiger partial charge in [0.1, 0.15) is 0 Å². The van der Waals surface area contributed by atoms with Crippen molar-refractivity contribution in [3.63, 3.8) is 0 Å². The molecule has 0 aromatic carbocycles. The third-order valence-corrected chi connectivity index (χ3v) is 2.97. The van der Waals surface area contributed by atoms with E-state index in [0.717, 1.165) is 38.6 Å². The summed E-state index contributed by atoms with van der Waals surface area (Å²) in [7, 11) is 4.17. The van der Waals surface area contributed by atoms with Crippen molar-refractivity contribution in [2.24, 2.45) is 10.7 Å². The van der Waals surface area contributed by atoms with Crippen molar-refractivity contribution in [3.8, 4) is 0 Å². The zero-order valence-electron chi connectivity index (χ0n) is 10.8. The van der Waals surface area contributed by atoms with E-state index in [2.05, 4.69) is 28.9 Å². The fourth-order valence-electron chi connectivity index (χ4n) is 1.98. The van der Waals surface area contributed by atoms with Crippen LogP contribution in [0.15, 0.2) is 4.99 Å². The maximum Gasteiger partial charge on any atom is 0.191 e. The van der Waals surface area contributed by atoms with Gasteiger partial charge in [0.2, 0.25) is 0 Å². The maximum atomic E-state index is 6.00. The first-order valence-electron chi connectivity index (χ1n) is 6.40. The van der Waals surface area contributed by atoms with Crippen LogP contribution in [-0.2, 0) is 0 Å². The number of nitrogens with two attached hydrogens (primary N) is 1. The van der Waals surface area contributed by atoms with Gasteiger partial charge < -0.3 is 15.5 Å². The molecule has 0 atom stereocenters. The van der Waals surface area contributed by atoms with Gasteiger partial charge in [-0.2, -0.15) is 0 Å². The Labute approximate surface area is 99.5 Å². The van der Waals surface area contributed by atoms with Gasteiger partial charge in [-0.05, 0) is 39.9 Å². The van der Waals surface area contributed by atoms with Crippen LogP contribution >= 0.6 is 0 Å². The van der Waals surface area contributed by atoms with Crippen LogP contribution in [-0.4, -0.2) is 56.0 Å². The molecule has 1 saturated heterocycles. The van der Waals surface area contributed by atoms with Crippen LogP contribution < -0.4 is 5.73 Å². The van der Waals surface area contributed by atoms with Gasteiger partial charge >= 0.3 is 0 Å². The molecule has 0 aromatic heterocycles. The first-order chi connectivity index (χ1) is 7.70. The quantitative estimate of drug-likeness (QED) is 0.444. The third kappa shape index (κ3) is 5.35. The Morgan fingerprint density at radius 2 is 1.81 bits per heavy atom. The number of aliphatic imine (C=N–C) groups is 1. The Bertz CT molecular complexity index is 205. The van der Waals surface area contributed by atoms with Crippen molar-refractivity contribution < 1.29 is 0 Å². The summed E-state index contributed by atoms with van der Waals surface area (Å²) in [4.78, 5) is 8.87. The molecule has 4 nitrogen and oxygen atoms in total. The molecule has 0 bridgehead atoms. The van der Waals surface area contributed by atoms with E-state index in [-0.39, 0.29) is 0 Å². The molecular formula is C12H26N4. The van der Waals surface area contributed by atoms with Gasteiger partial charge in [0, 0.05) is 19.6 Å². The summed E-state index contributed by atoms with van der Waals surface area (Å²) >= 11 is 0. The van der Waals surface area contributed by atoms with Gasteiger partial charge in [-0.3, -0.25) is 4.99 Å². The molecule has 4 heteroatoms. The molecule has 0 aromatic rings. The van der Waals surface area contributed by atoms with Crippen molar-refractivity contribution in [2.45, 2.75) is 32.1 Å². The summed E-state index contributed by atoms with van der Waals surface area (Å²) in [5, 5.41) is 0. The highest BCUT2D eigenvalue weighted by molar-refractivity contribution is 5.78. The normalized spacial score (nSPS) is 18.9. The second-order valence-corrected chi connectivity index (χ2v) is 4.80. The van der Waals surface area contributed by atoms with E-state index in [1.165, 1.54) is 25.7 Å². The van der Waals surface area contributed by atoms with Crippen LogP contribution in [0.4, 0.5) is 0 Å². The summed E-state index contributed by atoms with van der Waals surface area (Å²) in [6.07, 6.45) is 6.28. The second kappa shape index (κ2) is 7.49. The number of hydrogen-bond donors (Lipinski definition) is 1. The summed E-state index contributed by atoms with van der Waals surface area (Å²) in [6, 6.07) is 0. The molecular weight excluding hydrogens is 200 g/mol. The topological polar surface area (TPSA) is 44.9 Å². The largest absolute Gasteiger partial charge is 0.370 e. The van der Waals surface area contributed by atoms with E-state index in [1.54, 1.807) is 0 Å². The first-order valence-corrected chi connectivity index (χ1v) is 6.40. The fourth-order valence-corrected chi connectivity index (χ4v) is 1.98. The minimum absolute atomic E-state index is 0.751. The lowest BCUT2D eigenvalue weighted by atomic mass is 10.2. The first kappa shape index (κ1) is 13.3. The molecule has 2 N–H and O–H groups in total. The van der Waals surface area contributed by atoms with Crippen LogP contribution in [0.25, 0.3) is 0 Å². The molecule has 0 saturated carbocycles. The number of likely N-dealkylation sites (tertiary alicyclic amines) is 1. The van der Waals surface area contributed by atoms with E-state index in [1.807, 2.05) is 0 Å². The zero-order valence-corrected chi connectivity index (χ0v) is 10.8. The van der Waals surface area contributed by atoms with E-state index in [0.29, 0.717) is 0 Å². The molecule has 1 heterocycles. The molecule has 94 valence electrons. The van der Waals surface area contributed by atoms with E-state index < -0.39 is 0 Å². The van der Waals surface area contributed by atoms with Gasteiger partial charge in [-0.15, -0.1) is 0 Å². The molecule has 0 spiro atoms. The Kier molecular flexibility index (Phi) is 6.23. The van der Waals surface area contributed by atoms with Gasteiger partial charge in [0.25, 0.3) is 0 Å². The zero-order chi connectivity index (χ0) is 11.8.